The minimum absolute atomic E-state index is 0.0321. The summed E-state index contributed by atoms with van der Waals surface area (Å²) in [4.78, 5) is 20.4. The standard InChI is InChI=1S/C22H30N4OS/c1-16-20(28-22(24-16)25-18-7-3-2-4-8-18)21(27)23-15-17-9-11-19(12-10-17)26-13-5-6-14-26/h9-12,18H,2-8,13-15H2,1H3,(H,23,27)(H,24,25). The van der Waals surface area contributed by atoms with Gasteiger partial charge in [0.2, 0.25) is 0 Å². The molecule has 150 valence electrons. The van der Waals surface area contributed by atoms with Crippen LogP contribution in [0.2, 0.25) is 0 Å². The van der Waals surface area contributed by atoms with Crippen LogP contribution in [0.4, 0.5) is 10.8 Å². The first-order valence-electron chi connectivity index (χ1n) is 10.5. The molecule has 1 aromatic carbocycles. The molecule has 4 rings (SSSR count). The van der Waals surface area contributed by atoms with Crippen molar-refractivity contribution in [1.82, 2.24) is 10.3 Å². The average molecular weight is 399 g/mol. The summed E-state index contributed by atoms with van der Waals surface area (Å²) < 4.78 is 0. The number of thiazole rings is 1. The van der Waals surface area contributed by atoms with Crippen LogP contribution in [0.25, 0.3) is 0 Å². The van der Waals surface area contributed by atoms with Crippen LogP contribution in [-0.4, -0.2) is 30.0 Å². The van der Waals surface area contributed by atoms with Crippen LogP contribution < -0.4 is 15.5 Å². The molecule has 6 heteroatoms. The summed E-state index contributed by atoms with van der Waals surface area (Å²) in [7, 11) is 0. The molecule has 0 radical (unpaired) electrons. The van der Waals surface area contributed by atoms with Crippen molar-refractivity contribution in [1.29, 1.82) is 0 Å². The van der Waals surface area contributed by atoms with E-state index in [9.17, 15) is 4.79 Å². The number of amides is 1. The molecule has 2 heterocycles. The predicted molar refractivity (Wildman–Crippen MR) is 116 cm³/mol. The van der Waals surface area contributed by atoms with E-state index in [0.29, 0.717) is 17.5 Å². The van der Waals surface area contributed by atoms with Gasteiger partial charge in [-0.25, -0.2) is 4.98 Å². The number of rotatable bonds is 6. The first kappa shape index (κ1) is 19.2. The van der Waals surface area contributed by atoms with Crippen molar-refractivity contribution >= 4 is 28.1 Å². The molecule has 0 unspecified atom stereocenters. The van der Waals surface area contributed by atoms with Crippen LogP contribution in [0.1, 0.15) is 65.9 Å². The zero-order valence-electron chi connectivity index (χ0n) is 16.7. The van der Waals surface area contributed by atoms with Gasteiger partial charge in [-0.05, 0) is 50.3 Å². The molecule has 2 fully saturated rings. The molecule has 1 saturated heterocycles. The Morgan fingerprint density at radius 1 is 1.11 bits per heavy atom. The van der Waals surface area contributed by atoms with Gasteiger partial charge < -0.3 is 15.5 Å². The molecule has 0 bridgehead atoms. The normalized spacial score (nSPS) is 17.7. The molecule has 1 amide bonds. The number of hydrogen-bond acceptors (Lipinski definition) is 5. The second-order valence-electron chi connectivity index (χ2n) is 7.96. The van der Waals surface area contributed by atoms with E-state index in [0.717, 1.165) is 29.5 Å². The van der Waals surface area contributed by atoms with Crippen LogP contribution >= 0.6 is 11.3 Å². The van der Waals surface area contributed by atoms with Crippen molar-refractivity contribution in [2.45, 2.75) is 64.5 Å². The van der Waals surface area contributed by atoms with E-state index in [1.807, 2.05) is 6.92 Å². The van der Waals surface area contributed by atoms with E-state index in [4.69, 9.17) is 0 Å². The highest BCUT2D eigenvalue weighted by atomic mass is 32.1. The number of nitrogens with zero attached hydrogens (tertiary/aromatic N) is 2. The fourth-order valence-corrected chi connectivity index (χ4v) is 5.11. The molecule has 1 saturated carbocycles. The van der Waals surface area contributed by atoms with Gasteiger partial charge >= 0.3 is 0 Å². The van der Waals surface area contributed by atoms with Gasteiger partial charge in [-0.3, -0.25) is 4.79 Å². The van der Waals surface area contributed by atoms with Gasteiger partial charge in [0.25, 0.3) is 5.91 Å². The van der Waals surface area contributed by atoms with Gasteiger partial charge in [-0.15, -0.1) is 0 Å². The molecule has 0 spiro atoms. The van der Waals surface area contributed by atoms with Gasteiger partial charge in [0.05, 0.1) is 5.69 Å². The topological polar surface area (TPSA) is 57.3 Å². The van der Waals surface area contributed by atoms with E-state index in [1.54, 1.807) is 0 Å². The summed E-state index contributed by atoms with van der Waals surface area (Å²) in [6.45, 7) is 4.76. The van der Waals surface area contributed by atoms with Crippen LogP contribution in [0.5, 0.6) is 0 Å². The predicted octanol–water partition coefficient (Wildman–Crippen LogP) is 4.73. The highest BCUT2D eigenvalue weighted by Gasteiger charge is 2.19. The molecule has 2 N–H and O–H groups in total. The maximum Gasteiger partial charge on any atom is 0.263 e. The third kappa shape index (κ3) is 4.66. The summed E-state index contributed by atoms with van der Waals surface area (Å²) in [5, 5.41) is 7.46. The monoisotopic (exact) mass is 398 g/mol. The molecule has 1 aliphatic heterocycles. The lowest BCUT2D eigenvalue weighted by Gasteiger charge is -2.22. The van der Waals surface area contributed by atoms with Crippen molar-refractivity contribution in [3.63, 3.8) is 0 Å². The number of benzene rings is 1. The molecule has 0 atom stereocenters. The Labute approximate surface area is 171 Å². The molecular weight excluding hydrogens is 368 g/mol. The molecule has 1 aliphatic carbocycles. The van der Waals surface area contributed by atoms with Crippen molar-refractivity contribution in [2.75, 3.05) is 23.3 Å². The molecule has 28 heavy (non-hydrogen) atoms. The summed E-state index contributed by atoms with van der Waals surface area (Å²) >= 11 is 1.47. The average Bonchev–Trinajstić information content (AvgIpc) is 3.37. The minimum atomic E-state index is -0.0321. The quantitative estimate of drug-likeness (QED) is 0.739. The smallest absolute Gasteiger partial charge is 0.263 e. The third-order valence-electron chi connectivity index (χ3n) is 5.80. The van der Waals surface area contributed by atoms with Crippen LogP contribution in [0, 0.1) is 6.92 Å². The second-order valence-corrected chi connectivity index (χ2v) is 8.96. The van der Waals surface area contributed by atoms with Gasteiger partial charge in [-0.2, -0.15) is 0 Å². The first-order valence-corrected chi connectivity index (χ1v) is 11.4. The fraction of sp³-hybridized carbons (Fsp3) is 0.545. The van der Waals surface area contributed by atoms with Gasteiger partial charge in [0, 0.05) is 31.4 Å². The number of aryl methyl sites for hydroxylation is 1. The van der Waals surface area contributed by atoms with Gasteiger partial charge in [-0.1, -0.05) is 42.7 Å². The third-order valence-corrected chi connectivity index (χ3v) is 6.88. The number of hydrogen-bond donors (Lipinski definition) is 2. The summed E-state index contributed by atoms with van der Waals surface area (Å²) in [6.07, 6.45) is 8.87. The van der Waals surface area contributed by atoms with E-state index in [-0.39, 0.29) is 5.91 Å². The largest absolute Gasteiger partial charge is 0.372 e. The Balaban J connectivity index is 1.32. The number of anilines is 2. The van der Waals surface area contributed by atoms with E-state index in [1.165, 1.54) is 62.0 Å². The summed E-state index contributed by atoms with van der Waals surface area (Å²) in [6, 6.07) is 9.06. The fourth-order valence-electron chi connectivity index (χ4n) is 4.15. The van der Waals surface area contributed by atoms with E-state index < -0.39 is 0 Å². The number of carbonyl (C=O) groups excluding carboxylic acids is 1. The SMILES string of the molecule is Cc1nc(NC2CCCCC2)sc1C(=O)NCc1ccc(N2CCCC2)cc1. The highest BCUT2D eigenvalue weighted by molar-refractivity contribution is 7.17. The molecule has 1 aromatic heterocycles. The van der Waals surface area contributed by atoms with Crippen molar-refractivity contribution in [3.05, 3.63) is 40.4 Å². The number of nitrogens with one attached hydrogen (secondary N) is 2. The maximum atomic E-state index is 12.6. The van der Waals surface area contributed by atoms with Crippen LogP contribution in [0.15, 0.2) is 24.3 Å². The lowest BCUT2D eigenvalue weighted by Crippen LogP contribution is -2.23. The summed E-state index contributed by atoms with van der Waals surface area (Å²) in [5.74, 6) is -0.0321. The lowest BCUT2D eigenvalue weighted by molar-refractivity contribution is 0.0954. The lowest BCUT2D eigenvalue weighted by atomic mass is 9.96. The Hall–Kier alpha value is -2.08. The number of aromatic nitrogens is 1. The highest BCUT2D eigenvalue weighted by Crippen LogP contribution is 2.27. The minimum Gasteiger partial charge on any atom is -0.372 e. The van der Waals surface area contributed by atoms with E-state index >= 15 is 0 Å². The zero-order chi connectivity index (χ0) is 19.3. The molecule has 2 aliphatic rings. The summed E-state index contributed by atoms with van der Waals surface area (Å²) in [5.41, 5.74) is 3.22. The maximum absolute atomic E-state index is 12.6. The molecule has 2 aromatic rings. The number of carbonyl (C=O) groups is 1. The van der Waals surface area contributed by atoms with Crippen LogP contribution in [-0.2, 0) is 6.54 Å². The van der Waals surface area contributed by atoms with Crippen molar-refractivity contribution < 1.29 is 4.79 Å². The van der Waals surface area contributed by atoms with Crippen LogP contribution in [0.3, 0.4) is 0 Å². The Morgan fingerprint density at radius 3 is 2.54 bits per heavy atom. The second kappa shape index (κ2) is 8.95. The Morgan fingerprint density at radius 2 is 1.82 bits per heavy atom. The zero-order valence-corrected chi connectivity index (χ0v) is 17.5. The van der Waals surface area contributed by atoms with Crippen molar-refractivity contribution in [2.24, 2.45) is 0 Å². The first-order chi connectivity index (χ1) is 13.7. The Bertz CT molecular complexity index is 789. The van der Waals surface area contributed by atoms with Gasteiger partial charge in [0.15, 0.2) is 5.13 Å². The molecular formula is C22H30N4OS. The Kier molecular flexibility index (Phi) is 6.15. The van der Waals surface area contributed by atoms with Crippen molar-refractivity contribution in [3.8, 4) is 0 Å². The van der Waals surface area contributed by atoms with E-state index in [2.05, 4.69) is 44.8 Å². The van der Waals surface area contributed by atoms with Gasteiger partial charge in [0.1, 0.15) is 4.88 Å². The molecule has 5 nitrogen and oxygen atoms in total.